The zero-order valence-electron chi connectivity index (χ0n) is 16.3. The molecule has 4 aromatic rings. The van der Waals surface area contributed by atoms with Crippen molar-refractivity contribution < 1.29 is 18.7 Å². The highest BCUT2D eigenvalue weighted by Crippen LogP contribution is 2.40. The van der Waals surface area contributed by atoms with Crippen molar-refractivity contribution in [3.63, 3.8) is 0 Å². The molecular weight excluding hydrogens is 420 g/mol. The van der Waals surface area contributed by atoms with Crippen LogP contribution in [0.15, 0.2) is 64.2 Å². The van der Waals surface area contributed by atoms with Gasteiger partial charge in [0.15, 0.2) is 5.58 Å². The number of oxazole rings is 1. The number of thioether (sulfide) groups is 1. The van der Waals surface area contributed by atoms with Gasteiger partial charge in [0.25, 0.3) is 5.22 Å². The molecule has 2 heterocycles. The molecule has 1 N–H and O–H groups in total. The van der Waals surface area contributed by atoms with Crippen LogP contribution in [-0.4, -0.2) is 29.7 Å². The highest BCUT2D eigenvalue weighted by molar-refractivity contribution is 7.99. The number of thiophene rings is 1. The molecule has 30 heavy (non-hydrogen) atoms. The smallest absolute Gasteiger partial charge is 0.341 e. The molecule has 0 unspecified atom stereocenters. The monoisotopic (exact) mass is 438 g/mol. The van der Waals surface area contributed by atoms with Gasteiger partial charge in [0.1, 0.15) is 16.1 Å². The molecule has 0 fully saturated rings. The van der Waals surface area contributed by atoms with Crippen LogP contribution in [0.25, 0.3) is 22.2 Å². The van der Waals surface area contributed by atoms with E-state index >= 15 is 0 Å². The van der Waals surface area contributed by atoms with Gasteiger partial charge in [-0.05, 0) is 24.6 Å². The van der Waals surface area contributed by atoms with Gasteiger partial charge in [0, 0.05) is 10.4 Å². The van der Waals surface area contributed by atoms with Crippen LogP contribution in [0.4, 0.5) is 5.00 Å². The van der Waals surface area contributed by atoms with Gasteiger partial charge >= 0.3 is 5.97 Å². The lowest BCUT2D eigenvalue weighted by atomic mass is 10.0. The Morgan fingerprint density at radius 1 is 1.13 bits per heavy atom. The van der Waals surface area contributed by atoms with Crippen molar-refractivity contribution in [2.24, 2.45) is 0 Å². The lowest BCUT2D eigenvalue weighted by Crippen LogP contribution is -2.16. The van der Waals surface area contributed by atoms with Crippen LogP contribution < -0.4 is 5.32 Å². The number of nitrogens with zero attached hydrogens (tertiary/aromatic N) is 1. The van der Waals surface area contributed by atoms with Crippen molar-refractivity contribution in [3.05, 3.63) is 65.0 Å². The van der Waals surface area contributed by atoms with Crippen molar-refractivity contribution in [3.8, 4) is 11.1 Å². The minimum atomic E-state index is -0.486. The van der Waals surface area contributed by atoms with Crippen molar-refractivity contribution in [2.75, 3.05) is 18.2 Å². The third-order valence-electron chi connectivity index (χ3n) is 4.39. The van der Waals surface area contributed by atoms with Gasteiger partial charge in [-0.3, -0.25) is 4.79 Å². The number of fused-ring (bicyclic) bond motifs is 1. The van der Waals surface area contributed by atoms with Crippen LogP contribution in [0.1, 0.15) is 15.2 Å². The summed E-state index contributed by atoms with van der Waals surface area (Å²) in [5, 5.41) is 3.75. The molecule has 4 rings (SSSR count). The summed E-state index contributed by atoms with van der Waals surface area (Å²) in [5.41, 5.74) is 3.46. The normalized spacial score (nSPS) is 10.9. The number of amides is 1. The largest absolute Gasteiger partial charge is 0.465 e. The number of rotatable bonds is 6. The van der Waals surface area contributed by atoms with Gasteiger partial charge in [0.05, 0.1) is 12.9 Å². The molecule has 6 nitrogen and oxygen atoms in total. The fourth-order valence-electron chi connectivity index (χ4n) is 3.08. The minimum absolute atomic E-state index is 0.102. The average Bonchev–Trinajstić information content (AvgIpc) is 3.32. The van der Waals surface area contributed by atoms with Crippen molar-refractivity contribution >= 4 is 51.1 Å². The average molecular weight is 439 g/mol. The Morgan fingerprint density at radius 3 is 2.60 bits per heavy atom. The molecule has 8 heteroatoms. The Balaban J connectivity index is 1.54. The molecule has 2 aromatic heterocycles. The predicted octanol–water partition coefficient (Wildman–Crippen LogP) is 5.38. The Labute approximate surface area is 181 Å². The SMILES string of the molecule is COC(=O)c1c(NC(=O)CSc2nc3ccccc3o2)sc(C)c1-c1ccccc1. The summed E-state index contributed by atoms with van der Waals surface area (Å²) in [4.78, 5) is 30.4. The van der Waals surface area contributed by atoms with E-state index in [9.17, 15) is 9.59 Å². The third-order valence-corrected chi connectivity index (χ3v) is 6.24. The van der Waals surface area contributed by atoms with Crippen LogP contribution in [0, 0.1) is 6.92 Å². The van der Waals surface area contributed by atoms with E-state index in [1.807, 2.05) is 61.5 Å². The summed E-state index contributed by atoms with van der Waals surface area (Å²) >= 11 is 2.55. The number of anilines is 1. The first kappa shape index (κ1) is 20.2. The van der Waals surface area contributed by atoms with Gasteiger partial charge in [-0.2, -0.15) is 0 Å². The number of benzene rings is 2. The highest BCUT2D eigenvalue weighted by Gasteiger charge is 2.25. The van der Waals surface area contributed by atoms with E-state index in [-0.39, 0.29) is 11.7 Å². The summed E-state index contributed by atoms with van der Waals surface area (Å²) in [5.74, 6) is -0.640. The number of esters is 1. The van der Waals surface area contributed by atoms with Gasteiger partial charge in [-0.1, -0.05) is 54.2 Å². The number of methoxy groups -OCH3 is 1. The fourth-order valence-corrected chi connectivity index (χ4v) is 4.80. The summed E-state index contributed by atoms with van der Waals surface area (Å²) < 4.78 is 10.6. The number of carbonyl (C=O) groups is 2. The fraction of sp³-hybridized carbons (Fsp3) is 0.136. The number of aryl methyl sites for hydroxylation is 1. The standard InChI is InChI=1S/C22H18N2O4S2/c1-13-18(14-8-4-3-5-9-14)19(21(26)27-2)20(30-13)24-17(25)12-29-22-23-15-10-6-7-11-16(15)28-22/h3-11H,12H2,1-2H3,(H,24,25). The molecule has 0 saturated carbocycles. The third kappa shape index (κ3) is 4.10. The maximum Gasteiger partial charge on any atom is 0.341 e. The van der Waals surface area contributed by atoms with Gasteiger partial charge < -0.3 is 14.5 Å². The first-order chi connectivity index (χ1) is 14.6. The highest BCUT2D eigenvalue weighted by atomic mass is 32.2. The Morgan fingerprint density at radius 2 is 1.87 bits per heavy atom. The summed E-state index contributed by atoms with van der Waals surface area (Å²) in [7, 11) is 1.33. The van der Waals surface area contributed by atoms with Gasteiger partial charge in [-0.25, -0.2) is 9.78 Å². The molecule has 152 valence electrons. The Bertz CT molecular complexity index is 1180. The van der Waals surface area contributed by atoms with E-state index in [1.54, 1.807) is 0 Å². The Hall–Kier alpha value is -3.10. The molecule has 0 atom stereocenters. The van der Waals surface area contributed by atoms with E-state index in [1.165, 1.54) is 30.2 Å². The number of para-hydroxylation sites is 2. The van der Waals surface area contributed by atoms with E-state index < -0.39 is 5.97 Å². The van der Waals surface area contributed by atoms with E-state index in [2.05, 4.69) is 10.3 Å². The molecule has 1 amide bonds. The first-order valence-electron chi connectivity index (χ1n) is 9.12. The summed E-state index contributed by atoms with van der Waals surface area (Å²) in [6.07, 6.45) is 0. The Kier molecular flexibility index (Phi) is 5.87. The lowest BCUT2D eigenvalue weighted by Gasteiger charge is -2.07. The summed E-state index contributed by atoms with van der Waals surface area (Å²) in [6.45, 7) is 1.92. The van der Waals surface area contributed by atoms with E-state index in [0.717, 1.165) is 21.5 Å². The van der Waals surface area contributed by atoms with Crippen LogP contribution >= 0.6 is 23.1 Å². The quantitative estimate of drug-likeness (QED) is 0.321. The molecular formula is C22H18N2O4S2. The maximum absolute atomic E-state index is 12.6. The zero-order valence-corrected chi connectivity index (χ0v) is 17.9. The number of aromatic nitrogens is 1. The lowest BCUT2D eigenvalue weighted by molar-refractivity contribution is -0.113. The number of ether oxygens (including phenoxy) is 1. The molecule has 0 aliphatic heterocycles. The molecule has 2 aromatic carbocycles. The summed E-state index contributed by atoms with van der Waals surface area (Å²) in [6, 6.07) is 17.0. The number of nitrogens with one attached hydrogen (secondary N) is 1. The van der Waals surface area contributed by atoms with Crippen molar-refractivity contribution in [2.45, 2.75) is 12.1 Å². The van der Waals surface area contributed by atoms with Crippen LogP contribution in [0.5, 0.6) is 0 Å². The van der Waals surface area contributed by atoms with Crippen molar-refractivity contribution in [1.29, 1.82) is 0 Å². The van der Waals surface area contributed by atoms with Gasteiger partial charge in [-0.15, -0.1) is 11.3 Å². The maximum atomic E-state index is 12.6. The number of hydrogen-bond acceptors (Lipinski definition) is 7. The molecule has 0 saturated heterocycles. The molecule has 0 radical (unpaired) electrons. The van der Waals surface area contributed by atoms with E-state index in [4.69, 9.17) is 9.15 Å². The number of hydrogen-bond donors (Lipinski definition) is 1. The van der Waals surface area contributed by atoms with E-state index in [0.29, 0.717) is 21.4 Å². The van der Waals surface area contributed by atoms with Crippen LogP contribution in [-0.2, 0) is 9.53 Å². The molecule has 0 bridgehead atoms. The second-order valence-corrected chi connectivity index (χ2v) is 8.53. The first-order valence-corrected chi connectivity index (χ1v) is 10.9. The second-order valence-electron chi connectivity index (χ2n) is 6.38. The zero-order chi connectivity index (χ0) is 21.1. The molecule has 0 spiro atoms. The second kappa shape index (κ2) is 8.73. The topological polar surface area (TPSA) is 81.4 Å². The molecule has 0 aliphatic rings. The number of carbonyl (C=O) groups excluding carboxylic acids is 2. The minimum Gasteiger partial charge on any atom is -0.465 e. The van der Waals surface area contributed by atoms with Gasteiger partial charge in [0.2, 0.25) is 5.91 Å². The predicted molar refractivity (Wildman–Crippen MR) is 119 cm³/mol. The van der Waals surface area contributed by atoms with Crippen LogP contribution in [0.2, 0.25) is 0 Å². The van der Waals surface area contributed by atoms with Crippen molar-refractivity contribution in [1.82, 2.24) is 4.98 Å². The van der Waals surface area contributed by atoms with Crippen LogP contribution in [0.3, 0.4) is 0 Å². The molecule has 0 aliphatic carbocycles.